The highest BCUT2D eigenvalue weighted by Crippen LogP contribution is 2.42. The molecule has 0 aliphatic carbocycles. The molecule has 0 aliphatic rings. The van der Waals surface area contributed by atoms with E-state index < -0.39 is 41.4 Å². The molecule has 0 unspecified atom stereocenters. The Morgan fingerprint density at radius 2 is 1.54 bits per heavy atom. The molecule has 1 aromatic heterocycles. The molecule has 11 heteroatoms. The fourth-order valence-electron chi connectivity index (χ4n) is 5.34. The van der Waals surface area contributed by atoms with E-state index in [0.717, 1.165) is 6.07 Å². The van der Waals surface area contributed by atoms with Crippen LogP contribution in [0.5, 0.6) is 0 Å². The summed E-state index contributed by atoms with van der Waals surface area (Å²) in [4.78, 5) is 50.5. The van der Waals surface area contributed by atoms with E-state index in [2.05, 4.69) is 14.8 Å². The number of methoxy groups -OCH3 is 2. The van der Waals surface area contributed by atoms with Gasteiger partial charge in [-0.05, 0) is 61.4 Å². The number of allylic oxidation sites excluding steroid dienone is 1. The number of nitrogens with zero attached hydrogens (tertiary/aromatic N) is 1. The molecule has 0 fully saturated rings. The first-order valence-corrected chi connectivity index (χ1v) is 15.1. The molecule has 4 rings (SSSR count). The van der Waals surface area contributed by atoms with Crippen molar-refractivity contribution in [1.82, 2.24) is 9.88 Å². The molecule has 0 spiro atoms. The first kappa shape index (κ1) is 35.4. The normalized spacial score (nSPS) is 11.8. The van der Waals surface area contributed by atoms with Crippen LogP contribution in [0.4, 0.5) is 8.78 Å². The van der Waals surface area contributed by atoms with Crippen molar-refractivity contribution in [2.24, 2.45) is 0 Å². The zero-order valence-electron chi connectivity index (χ0n) is 27.0. The standard InChI is InChI=1S/C37H36F2N2O7/c1-22(2)41-31(17-16-28(42)19-29(43)20-32(44)47-3)33(24-12-14-27(38)15-13-24)34(23-8-6-5-7-9-23)35(41)36(45)40-21-26-11-10-25(18-30(26)39)37(46)48-4/h5-18,22,29,43H,19-21H2,1-4H3,(H,40,45)/b17-16+/t29-/m1/s1. The van der Waals surface area contributed by atoms with Gasteiger partial charge in [-0.25, -0.2) is 13.6 Å². The Hall–Kier alpha value is -5.42. The molecule has 250 valence electrons. The summed E-state index contributed by atoms with van der Waals surface area (Å²) in [7, 11) is 2.37. The Labute approximate surface area is 276 Å². The van der Waals surface area contributed by atoms with Gasteiger partial charge >= 0.3 is 11.9 Å². The van der Waals surface area contributed by atoms with Crippen LogP contribution in [0.1, 0.15) is 64.8 Å². The number of ether oxygens (including phenoxy) is 2. The van der Waals surface area contributed by atoms with Gasteiger partial charge in [0.2, 0.25) is 0 Å². The monoisotopic (exact) mass is 658 g/mol. The second-order valence-electron chi connectivity index (χ2n) is 11.2. The lowest BCUT2D eigenvalue weighted by Crippen LogP contribution is -2.27. The summed E-state index contributed by atoms with van der Waals surface area (Å²) >= 11 is 0. The smallest absolute Gasteiger partial charge is 0.337 e. The minimum atomic E-state index is -1.26. The van der Waals surface area contributed by atoms with Crippen molar-refractivity contribution in [3.05, 3.63) is 113 Å². The van der Waals surface area contributed by atoms with Crippen molar-refractivity contribution in [3.8, 4) is 22.3 Å². The third-order valence-corrected chi connectivity index (χ3v) is 7.58. The first-order chi connectivity index (χ1) is 22.9. The van der Waals surface area contributed by atoms with Gasteiger partial charge in [-0.15, -0.1) is 0 Å². The molecule has 0 bridgehead atoms. The molecule has 4 aromatic rings. The number of halogens is 2. The summed E-state index contributed by atoms with van der Waals surface area (Å²) in [6, 6.07) is 18.3. The highest BCUT2D eigenvalue weighted by Gasteiger charge is 2.29. The highest BCUT2D eigenvalue weighted by molar-refractivity contribution is 6.07. The maximum Gasteiger partial charge on any atom is 0.337 e. The van der Waals surface area contributed by atoms with E-state index in [1.807, 2.05) is 32.0 Å². The largest absolute Gasteiger partial charge is 0.469 e. The van der Waals surface area contributed by atoms with Gasteiger partial charge in [0.15, 0.2) is 5.78 Å². The van der Waals surface area contributed by atoms with Crippen LogP contribution in [0, 0.1) is 11.6 Å². The lowest BCUT2D eigenvalue weighted by Gasteiger charge is -2.17. The number of rotatable bonds is 13. The Balaban J connectivity index is 1.86. The van der Waals surface area contributed by atoms with E-state index in [1.165, 1.54) is 50.6 Å². The minimum absolute atomic E-state index is 0.0258. The summed E-state index contributed by atoms with van der Waals surface area (Å²) in [5.74, 6) is -3.56. The van der Waals surface area contributed by atoms with Gasteiger partial charge in [0.05, 0.1) is 38.0 Å². The van der Waals surface area contributed by atoms with Crippen molar-refractivity contribution in [1.29, 1.82) is 0 Å². The van der Waals surface area contributed by atoms with Crippen molar-refractivity contribution in [2.75, 3.05) is 14.2 Å². The van der Waals surface area contributed by atoms with E-state index in [0.29, 0.717) is 27.9 Å². The molecule has 0 aliphatic heterocycles. The van der Waals surface area contributed by atoms with Crippen LogP contribution in [0.15, 0.2) is 78.9 Å². The van der Waals surface area contributed by atoms with E-state index >= 15 is 0 Å². The number of aliphatic hydroxyl groups excluding tert-OH is 1. The summed E-state index contributed by atoms with van der Waals surface area (Å²) in [5.41, 5.74) is 3.06. The summed E-state index contributed by atoms with van der Waals surface area (Å²) in [6.45, 7) is 3.49. The molecular weight excluding hydrogens is 622 g/mol. The molecule has 0 saturated carbocycles. The summed E-state index contributed by atoms with van der Waals surface area (Å²) in [6.07, 6.45) is 0.829. The Kier molecular flexibility index (Phi) is 11.8. The number of benzene rings is 3. The SMILES string of the molecule is COC(=O)C[C@H](O)CC(=O)/C=C/c1c(-c2ccc(F)cc2)c(-c2ccccc2)c(C(=O)NCc2ccc(C(=O)OC)cc2F)n1C(C)C. The van der Waals surface area contributed by atoms with Crippen LogP contribution in [-0.4, -0.2) is 53.6 Å². The maximum absolute atomic E-state index is 15.0. The summed E-state index contributed by atoms with van der Waals surface area (Å²) in [5, 5.41) is 13.0. The summed E-state index contributed by atoms with van der Waals surface area (Å²) < 4.78 is 40.0. The Bertz CT molecular complexity index is 1830. The van der Waals surface area contributed by atoms with E-state index in [1.54, 1.807) is 28.8 Å². The number of aliphatic hydroxyl groups is 1. The molecular formula is C37H36F2N2O7. The first-order valence-electron chi connectivity index (χ1n) is 15.1. The predicted octanol–water partition coefficient (Wildman–Crippen LogP) is 6.29. The number of carbonyl (C=O) groups is 4. The molecule has 3 aromatic carbocycles. The topological polar surface area (TPSA) is 124 Å². The number of hydrogen-bond acceptors (Lipinski definition) is 7. The predicted molar refractivity (Wildman–Crippen MR) is 176 cm³/mol. The van der Waals surface area contributed by atoms with Crippen LogP contribution < -0.4 is 5.32 Å². The Morgan fingerprint density at radius 3 is 2.15 bits per heavy atom. The van der Waals surface area contributed by atoms with E-state index in [-0.39, 0.29) is 42.2 Å². The molecule has 9 nitrogen and oxygen atoms in total. The van der Waals surface area contributed by atoms with Gasteiger partial charge in [-0.3, -0.25) is 14.4 Å². The van der Waals surface area contributed by atoms with Crippen molar-refractivity contribution in [3.63, 3.8) is 0 Å². The quantitative estimate of drug-likeness (QED) is 0.128. The van der Waals surface area contributed by atoms with Gasteiger partial charge in [0.1, 0.15) is 17.3 Å². The minimum Gasteiger partial charge on any atom is -0.469 e. The number of carbonyl (C=O) groups excluding carboxylic acids is 4. The molecule has 1 atom stereocenters. The third kappa shape index (κ3) is 8.29. The average molecular weight is 659 g/mol. The third-order valence-electron chi connectivity index (χ3n) is 7.58. The van der Waals surface area contributed by atoms with Gasteiger partial charge < -0.3 is 24.5 Å². The van der Waals surface area contributed by atoms with Crippen LogP contribution in [0.2, 0.25) is 0 Å². The van der Waals surface area contributed by atoms with Crippen LogP contribution >= 0.6 is 0 Å². The molecule has 0 radical (unpaired) electrons. The number of nitrogens with one attached hydrogen (secondary N) is 1. The number of ketones is 1. The molecule has 48 heavy (non-hydrogen) atoms. The molecule has 0 saturated heterocycles. The van der Waals surface area contributed by atoms with Crippen molar-refractivity contribution >= 4 is 29.7 Å². The van der Waals surface area contributed by atoms with E-state index in [4.69, 9.17) is 0 Å². The number of amides is 1. The number of hydrogen-bond donors (Lipinski definition) is 2. The number of esters is 2. The van der Waals surface area contributed by atoms with E-state index in [9.17, 15) is 33.1 Å². The average Bonchev–Trinajstić information content (AvgIpc) is 3.42. The van der Waals surface area contributed by atoms with Gasteiger partial charge in [-0.2, -0.15) is 0 Å². The lowest BCUT2D eigenvalue weighted by atomic mass is 9.94. The lowest BCUT2D eigenvalue weighted by molar-refractivity contribution is -0.143. The Morgan fingerprint density at radius 1 is 0.875 bits per heavy atom. The second-order valence-corrected chi connectivity index (χ2v) is 11.2. The maximum atomic E-state index is 15.0. The fraction of sp³-hybridized carbons (Fsp3) is 0.243. The second kappa shape index (κ2) is 15.9. The van der Waals surface area contributed by atoms with Crippen LogP contribution in [0.25, 0.3) is 28.3 Å². The van der Waals surface area contributed by atoms with Gasteiger partial charge in [0, 0.05) is 35.7 Å². The zero-order valence-corrected chi connectivity index (χ0v) is 27.0. The molecule has 1 amide bonds. The van der Waals surface area contributed by atoms with Crippen LogP contribution in [0.3, 0.4) is 0 Å². The zero-order chi connectivity index (χ0) is 35.0. The number of aromatic nitrogens is 1. The van der Waals surface area contributed by atoms with Gasteiger partial charge in [-0.1, -0.05) is 48.5 Å². The van der Waals surface area contributed by atoms with Crippen LogP contribution in [-0.2, 0) is 25.6 Å². The van der Waals surface area contributed by atoms with Crippen molar-refractivity contribution in [2.45, 2.75) is 45.4 Å². The molecule has 1 heterocycles. The fourth-order valence-corrected chi connectivity index (χ4v) is 5.34. The van der Waals surface area contributed by atoms with Gasteiger partial charge in [0.25, 0.3) is 5.91 Å². The molecule has 2 N–H and O–H groups in total. The highest BCUT2D eigenvalue weighted by atomic mass is 19.1. The van der Waals surface area contributed by atoms with Crippen molar-refractivity contribution < 1.29 is 42.5 Å².